The lowest BCUT2D eigenvalue weighted by molar-refractivity contribution is 0.718. The van der Waals surface area contributed by atoms with E-state index in [9.17, 15) is 0 Å². The van der Waals surface area contributed by atoms with E-state index in [0.29, 0.717) is 5.92 Å². The Balaban J connectivity index is 1.72. The predicted molar refractivity (Wildman–Crippen MR) is 75.8 cm³/mol. The summed E-state index contributed by atoms with van der Waals surface area (Å²) in [5, 5.41) is 24.2. The van der Waals surface area contributed by atoms with Crippen molar-refractivity contribution in [3.63, 3.8) is 0 Å². The first kappa shape index (κ1) is 12.2. The van der Waals surface area contributed by atoms with Gasteiger partial charge in [-0.05, 0) is 25.8 Å². The van der Waals surface area contributed by atoms with Crippen LogP contribution in [0.25, 0.3) is 5.65 Å². The van der Waals surface area contributed by atoms with Crippen molar-refractivity contribution in [1.82, 2.24) is 34.6 Å². The van der Waals surface area contributed by atoms with Crippen LogP contribution in [0, 0.1) is 0 Å². The number of hydrogen-bond donors (Lipinski definition) is 1. The largest absolute Gasteiger partial charge is 0.372 e. The van der Waals surface area contributed by atoms with Gasteiger partial charge in [0.1, 0.15) is 12.7 Å². The Kier molecular flexibility index (Phi) is 2.63. The van der Waals surface area contributed by atoms with E-state index in [1.165, 1.54) is 12.8 Å². The van der Waals surface area contributed by atoms with Gasteiger partial charge in [-0.1, -0.05) is 0 Å². The van der Waals surface area contributed by atoms with Crippen molar-refractivity contribution >= 4 is 11.3 Å². The molecule has 0 radical (unpaired) electrons. The van der Waals surface area contributed by atoms with Crippen molar-refractivity contribution in [1.29, 1.82) is 0 Å². The lowest BCUT2D eigenvalue weighted by Crippen LogP contribution is -2.13. The molecule has 0 aliphatic heterocycles. The van der Waals surface area contributed by atoms with Gasteiger partial charge in [0, 0.05) is 13.0 Å². The van der Waals surface area contributed by atoms with E-state index in [-0.39, 0.29) is 6.04 Å². The van der Waals surface area contributed by atoms with Gasteiger partial charge in [-0.3, -0.25) is 0 Å². The minimum atomic E-state index is 0.0208. The zero-order valence-corrected chi connectivity index (χ0v) is 11.9. The van der Waals surface area contributed by atoms with Crippen LogP contribution in [0.15, 0.2) is 18.7 Å². The third kappa shape index (κ3) is 2.12. The van der Waals surface area contributed by atoms with Crippen LogP contribution >= 0.6 is 0 Å². The Morgan fingerprint density at radius 1 is 1.24 bits per heavy atom. The van der Waals surface area contributed by atoms with Gasteiger partial charge in [-0.2, -0.15) is 9.61 Å². The summed E-state index contributed by atoms with van der Waals surface area (Å²) < 4.78 is 3.64. The Hall–Kier alpha value is -2.51. The van der Waals surface area contributed by atoms with E-state index in [2.05, 4.69) is 36.9 Å². The highest BCUT2D eigenvalue weighted by Gasteiger charge is 2.27. The van der Waals surface area contributed by atoms with Crippen molar-refractivity contribution in [3.05, 3.63) is 30.2 Å². The molecule has 1 saturated carbocycles. The zero-order chi connectivity index (χ0) is 14.4. The number of nitrogens with zero attached hydrogens (tertiary/aromatic N) is 7. The van der Waals surface area contributed by atoms with E-state index >= 15 is 0 Å². The van der Waals surface area contributed by atoms with E-state index < -0.39 is 0 Å². The number of aromatic nitrogens is 7. The maximum absolute atomic E-state index is 4.56. The highest BCUT2D eigenvalue weighted by Crippen LogP contribution is 2.40. The molecule has 8 nitrogen and oxygen atoms in total. The SMILES string of the molecule is CC(Nc1cc(C2CC2)nn2cnnc12)c1nncn1C. The molecule has 1 fully saturated rings. The minimum Gasteiger partial charge on any atom is -0.372 e. The Morgan fingerprint density at radius 2 is 2.05 bits per heavy atom. The minimum absolute atomic E-state index is 0.0208. The molecular weight excluding hydrogens is 268 g/mol. The molecule has 108 valence electrons. The van der Waals surface area contributed by atoms with Crippen LogP contribution in [0.2, 0.25) is 0 Å². The van der Waals surface area contributed by atoms with Crippen LogP contribution in [0.3, 0.4) is 0 Å². The average Bonchev–Trinajstić information content (AvgIpc) is 3.05. The molecule has 1 N–H and O–H groups in total. The van der Waals surface area contributed by atoms with Crippen molar-refractivity contribution in [2.24, 2.45) is 7.05 Å². The normalized spacial score (nSPS) is 16.3. The number of aryl methyl sites for hydroxylation is 1. The van der Waals surface area contributed by atoms with Gasteiger partial charge in [0.2, 0.25) is 5.65 Å². The summed E-state index contributed by atoms with van der Waals surface area (Å²) in [6.07, 6.45) is 5.75. The molecule has 3 aromatic rings. The van der Waals surface area contributed by atoms with E-state index in [1.807, 2.05) is 18.5 Å². The van der Waals surface area contributed by atoms with Gasteiger partial charge in [0.15, 0.2) is 5.82 Å². The zero-order valence-electron chi connectivity index (χ0n) is 11.9. The second-order valence-corrected chi connectivity index (χ2v) is 5.52. The quantitative estimate of drug-likeness (QED) is 0.777. The van der Waals surface area contributed by atoms with Crippen LogP contribution in [0.5, 0.6) is 0 Å². The molecule has 3 heterocycles. The first-order valence-electron chi connectivity index (χ1n) is 7.04. The molecule has 1 aliphatic rings. The second-order valence-electron chi connectivity index (χ2n) is 5.52. The molecule has 21 heavy (non-hydrogen) atoms. The lowest BCUT2D eigenvalue weighted by atomic mass is 10.2. The van der Waals surface area contributed by atoms with Crippen LogP contribution in [-0.4, -0.2) is 34.6 Å². The molecule has 4 rings (SSSR count). The maximum Gasteiger partial charge on any atom is 0.200 e. The number of fused-ring (bicyclic) bond motifs is 1. The predicted octanol–water partition coefficient (Wildman–Crippen LogP) is 1.30. The number of nitrogens with one attached hydrogen (secondary N) is 1. The molecule has 0 saturated heterocycles. The van der Waals surface area contributed by atoms with Crippen LogP contribution in [0.1, 0.15) is 43.2 Å². The number of anilines is 1. The molecule has 0 bridgehead atoms. The second kappa shape index (κ2) is 4.51. The van der Waals surface area contributed by atoms with Gasteiger partial charge in [0.05, 0.1) is 17.4 Å². The van der Waals surface area contributed by atoms with Gasteiger partial charge in [-0.15, -0.1) is 20.4 Å². The Bertz CT molecular complexity index is 784. The highest BCUT2D eigenvalue weighted by molar-refractivity contribution is 5.67. The maximum atomic E-state index is 4.56. The molecule has 1 aliphatic carbocycles. The third-order valence-corrected chi connectivity index (χ3v) is 3.79. The summed E-state index contributed by atoms with van der Waals surface area (Å²) in [5.74, 6) is 1.44. The molecule has 0 spiro atoms. The van der Waals surface area contributed by atoms with Gasteiger partial charge >= 0.3 is 0 Å². The molecule has 1 unspecified atom stereocenters. The summed E-state index contributed by atoms with van der Waals surface area (Å²) in [6, 6.07) is 2.10. The fourth-order valence-corrected chi connectivity index (χ4v) is 2.51. The number of hydrogen-bond acceptors (Lipinski definition) is 6. The van der Waals surface area contributed by atoms with Gasteiger partial charge in [0.25, 0.3) is 0 Å². The van der Waals surface area contributed by atoms with Crippen LogP contribution in [-0.2, 0) is 7.05 Å². The summed E-state index contributed by atoms with van der Waals surface area (Å²) >= 11 is 0. The smallest absolute Gasteiger partial charge is 0.200 e. The van der Waals surface area contributed by atoms with Gasteiger partial charge in [-0.25, -0.2) is 0 Å². The lowest BCUT2D eigenvalue weighted by Gasteiger charge is -2.15. The number of rotatable bonds is 4. The average molecular weight is 284 g/mol. The highest BCUT2D eigenvalue weighted by atomic mass is 15.4. The molecule has 3 aromatic heterocycles. The summed E-state index contributed by atoms with van der Waals surface area (Å²) in [7, 11) is 1.93. The van der Waals surface area contributed by atoms with Crippen LogP contribution < -0.4 is 5.32 Å². The van der Waals surface area contributed by atoms with Crippen molar-refractivity contribution in [2.75, 3.05) is 5.32 Å². The Labute approximate surface area is 121 Å². The molecule has 0 aromatic carbocycles. The summed E-state index contributed by atoms with van der Waals surface area (Å²) in [4.78, 5) is 0. The molecule has 1 atom stereocenters. The third-order valence-electron chi connectivity index (χ3n) is 3.79. The fraction of sp³-hybridized carbons (Fsp3) is 0.462. The standard InChI is InChI=1S/C13H16N8/c1-8(12-17-14-6-20(12)2)16-11-5-10(9-3-4-9)19-21-7-15-18-13(11)21/h5-9,16H,3-4H2,1-2H3. The fourth-order valence-electron chi connectivity index (χ4n) is 2.51. The van der Waals surface area contributed by atoms with E-state index in [1.54, 1.807) is 17.2 Å². The van der Waals surface area contributed by atoms with E-state index in [0.717, 1.165) is 22.9 Å². The summed E-state index contributed by atoms with van der Waals surface area (Å²) in [5.41, 5.74) is 2.75. The van der Waals surface area contributed by atoms with Crippen molar-refractivity contribution in [2.45, 2.75) is 31.7 Å². The van der Waals surface area contributed by atoms with Crippen molar-refractivity contribution < 1.29 is 0 Å². The first-order valence-corrected chi connectivity index (χ1v) is 7.04. The monoisotopic (exact) mass is 284 g/mol. The van der Waals surface area contributed by atoms with Crippen LogP contribution in [0.4, 0.5) is 5.69 Å². The first-order chi connectivity index (χ1) is 10.2. The topological polar surface area (TPSA) is 85.8 Å². The molecule has 0 amide bonds. The van der Waals surface area contributed by atoms with Gasteiger partial charge < -0.3 is 9.88 Å². The summed E-state index contributed by atoms with van der Waals surface area (Å²) in [6.45, 7) is 2.05. The van der Waals surface area contributed by atoms with E-state index in [4.69, 9.17) is 0 Å². The Morgan fingerprint density at radius 3 is 2.76 bits per heavy atom. The molecule has 8 heteroatoms. The molecular formula is C13H16N8. The van der Waals surface area contributed by atoms with Crippen molar-refractivity contribution in [3.8, 4) is 0 Å².